The van der Waals surface area contributed by atoms with Crippen LogP contribution in [0.3, 0.4) is 0 Å². The molecule has 0 aliphatic heterocycles. The van der Waals surface area contributed by atoms with Crippen LogP contribution in [0.1, 0.15) is 19.3 Å². The molecule has 1 N–H and O–H groups in total. The molecule has 0 aromatic rings. The molecule has 2 saturated carbocycles. The van der Waals surface area contributed by atoms with Crippen molar-refractivity contribution in [3.05, 3.63) is 12.7 Å². The Morgan fingerprint density at radius 3 is 2.58 bits per heavy atom. The Kier molecular flexibility index (Phi) is 1.71. The summed E-state index contributed by atoms with van der Waals surface area (Å²) < 4.78 is 0. The van der Waals surface area contributed by atoms with E-state index in [0.717, 1.165) is 12.8 Å². The Labute approximate surface area is 72.3 Å². The van der Waals surface area contributed by atoms with E-state index in [-0.39, 0.29) is 11.8 Å². The molecule has 0 spiro atoms. The molecule has 0 unspecified atom stereocenters. The maximum atomic E-state index is 10.9. The number of carbonyl (C=O) groups is 1. The predicted octanol–water partition coefficient (Wildman–Crippen LogP) is 1.92. The lowest BCUT2D eigenvalue weighted by atomic mass is 9.79. The van der Waals surface area contributed by atoms with Crippen LogP contribution in [0.25, 0.3) is 0 Å². The molecule has 0 aromatic heterocycles. The third kappa shape index (κ3) is 0.904. The molecule has 66 valence electrons. The van der Waals surface area contributed by atoms with Gasteiger partial charge in [0, 0.05) is 0 Å². The Morgan fingerprint density at radius 2 is 2.08 bits per heavy atom. The molecule has 2 aliphatic carbocycles. The van der Waals surface area contributed by atoms with E-state index in [1.165, 1.54) is 6.42 Å². The molecule has 2 rings (SSSR count). The lowest BCUT2D eigenvalue weighted by molar-refractivity contribution is -0.144. The standard InChI is InChI=1S/C10H14O2/c1-2-8-6-3-4-7(5-6)9(8)10(11)12/h2,6-9H,1,3-5H2,(H,11,12)/t6-,7+,8+,9+/m0/s1. The van der Waals surface area contributed by atoms with Crippen molar-refractivity contribution in [3.63, 3.8) is 0 Å². The van der Waals surface area contributed by atoms with Crippen LogP contribution >= 0.6 is 0 Å². The summed E-state index contributed by atoms with van der Waals surface area (Å²) in [6.07, 6.45) is 5.30. The van der Waals surface area contributed by atoms with E-state index in [9.17, 15) is 4.79 Å². The first kappa shape index (κ1) is 7.84. The van der Waals surface area contributed by atoms with Gasteiger partial charge in [0.05, 0.1) is 5.92 Å². The van der Waals surface area contributed by atoms with Crippen LogP contribution in [-0.4, -0.2) is 11.1 Å². The largest absolute Gasteiger partial charge is 0.481 e. The number of allylic oxidation sites excluding steroid dienone is 1. The van der Waals surface area contributed by atoms with Gasteiger partial charge in [0.25, 0.3) is 0 Å². The fourth-order valence-electron chi connectivity index (χ4n) is 3.04. The number of hydrogen-bond acceptors (Lipinski definition) is 1. The van der Waals surface area contributed by atoms with Gasteiger partial charge in [-0.05, 0) is 37.0 Å². The second kappa shape index (κ2) is 2.61. The molecule has 4 atom stereocenters. The summed E-state index contributed by atoms with van der Waals surface area (Å²) in [6.45, 7) is 3.73. The van der Waals surface area contributed by atoms with E-state index < -0.39 is 5.97 Å². The van der Waals surface area contributed by atoms with Gasteiger partial charge in [-0.1, -0.05) is 6.08 Å². The van der Waals surface area contributed by atoms with Crippen LogP contribution in [0.5, 0.6) is 0 Å². The molecule has 2 bridgehead atoms. The lowest BCUT2D eigenvalue weighted by Crippen LogP contribution is -2.27. The zero-order chi connectivity index (χ0) is 8.72. The molecular formula is C10H14O2. The number of carboxylic acids is 1. The normalized spacial score (nSPS) is 44.7. The van der Waals surface area contributed by atoms with Crippen LogP contribution < -0.4 is 0 Å². The first-order valence-corrected chi connectivity index (χ1v) is 4.59. The van der Waals surface area contributed by atoms with Crippen molar-refractivity contribution in [1.82, 2.24) is 0 Å². The van der Waals surface area contributed by atoms with Gasteiger partial charge in [-0.15, -0.1) is 6.58 Å². The van der Waals surface area contributed by atoms with E-state index in [1.54, 1.807) is 0 Å². The minimum atomic E-state index is -0.618. The third-order valence-electron chi connectivity index (χ3n) is 3.54. The Balaban J connectivity index is 2.21. The van der Waals surface area contributed by atoms with Crippen molar-refractivity contribution in [1.29, 1.82) is 0 Å². The summed E-state index contributed by atoms with van der Waals surface area (Å²) in [5.41, 5.74) is 0. The number of hydrogen-bond donors (Lipinski definition) is 1. The van der Waals surface area contributed by atoms with Crippen LogP contribution in [0.4, 0.5) is 0 Å². The number of carboxylic acid groups (broad SMARTS) is 1. The molecule has 2 fully saturated rings. The van der Waals surface area contributed by atoms with Gasteiger partial charge < -0.3 is 5.11 Å². The zero-order valence-electron chi connectivity index (χ0n) is 7.07. The number of rotatable bonds is 2. The molecule has 2 nitrogen and oxygen atoms in total. The van der Waals surface area contributed by atoms with Crippen LogP contribution in [0.2, 0.25) is 0 Å². The van der Waals surface area contributed by atoms with Gasteiger partial charge in [-0.3, -0.25) is 4.79 Å². The molecule has 2 aliphatic rings. The van der Waals surface area contributed by atoms with Crippen molar-refractivity contribution in [2.75, 3.05) is 0 Å². The molecule has 0 radical (unpaired) electrons. The first-order valence-electron chi connectivity index (χ1n) is 4.59. The van der Waals surface area contributed by atoms with E-state index >= 15 is 0 Å². The van der Waals surface area contributed by atoms with Crippen molar-refractivity contribution in [2.45, 2.75) is 19.3 Å². The van der Waals surface area contributed by atoms with Crippen molar-refractivity contribution in [2.24, 2.45) is 23.7 Å². The molecule has 0 saturated heterocycles. The summed E-state index contributed by atoms with van der Waals surface area (Å²) in [7, 11) is 0. The second-order valence-corrected chi connectivity index (χ2v) is 4.01. The average Bonchev–Trinajstić information content (AvgIpc) is 2.60. The molecular weight excluding hydrogens is 152 g/mol. The third-order valence-corrected chi connectivity index (χ3v) is 3.54. The summed E-state index contributed by atoms with van der Waals surface area (Å²) in [4.78, 5) is 10.9. The Morgan fingerprint density at radius 1 is 1.42 bits per heavy atom. The van der Waals surface area contributed by atoms with E-state index in [0.29, 0.717) is 11.8 Å². The highest BCUT2D eigenvalue weighted by Gasteiger charge is 2.49. The lowest BCUT2D eigenvalue weighted by Gasteiger charge is -2.24. The summed E-state index contributed by atoms with van der Waals surface area (Å²) in [5, 5.41) is 8.99. The molecule has 0 aromatic carbocycles. The minimum Gasteiger partial charge on any atom is -0.481 e. The van der Waals surface area contributed by atoms with E-state index in [2.05, 4.69) is 6.58 Å². The maximum Gasteiger partial charge on any atom is 0.307 e. The smallest absolute Gasteiger partial charge is 0.307 e. The highest BCUT2D eigenvalue weighted by molar-refractivity contribution is 5.72. The van der Waals surface area contributed by atoms with Gasteiger partial charge in [0.15, 0.2) is 0 Å². The second-order valence-electron chi connectivity index (χ2n) is 4.01. The van der Waals surface area contributed by atoms with E-state index in [1.807, 2.05) is 6.08 Å². The monoisotopic (exact) mass is 166 g/mol. The SMILES string of the molecule is C=C[C@@H]1[C@H]2CC[C@H](C2)[C@H]1C(=O)O. The van der Waals surface area contributed by atoms with Crippen LogP contribution in [0, 0.1) is 23.7 Å². The number of fused-ring (bicyclic) bond motifs is 2. The van der Waals surface area contributed by atoms with E-state index in [4.69, 9.17) is 5.11 Å². The summed E-state index contributed by atoms with van der Waals surface area (Å²) >= 11 is 0. The Hall–Kier alpha value is -0.790. The quantitative estimate of drug-likeness (QED) is 0.636. The topological polar surface area (TPSA) is 37.3 Å². The van der Waals surface area contributed by atoms with Gasteiger partial charge in [0.2, 0.25) is 0 Å². The predicted molar refractivity (Wildman–Crippen MR) is 45.6 cm³/mol. The number of aliphatic carboxylic acids is 1. The molecule has 12 heavy (non-hydrogen) atoms. The van der Waals surface area contributed by atoms with Gasteiger partial charge in [-0.2, -0.15) is 0 Å². The highest BCUT2D eigenvalue weighted by Crippen LogP contribution is 2.52. The molecule has 2 heteroatoms. The molecule has 0 amide bonds. The van der Waals surface area contributed by atoms with Crippen molar-refractivity contribution < 1.29 is 9.90 Å². The van der Waals surface area contributed by atoms with Crippen molar-refractivity contribution >= 4 is 5.97 Å². The average molecular weight is 166 g/mol. The highest BCUT2D eigenvalue weighted by atomic mass is 16.4. The first-order chi connectivity index (χ1) is 5.74. The zero-order valence-corrected chi connectivity index (χ0v) is 7.07. The fourth-order valence-corrected chi connectivity index (χ4v) is 3.04. The maximum absolute atomic E-state index is 10.9. The van der Waals surface area contributed by atoms with Crippen LogP contribution in [0.15, 0.2) is 12.7 Å². The summed E-state index contributed by atoms with van der Waals surface area (Å²) in [5.74, 6) is 0.568. The van der Waals surface area contributed by atoms with Crippen LogP contribution in [-0.2, 0) is 4.79 Å². The van der Waals surface area contributed by atoms with Gasteiger partial charge in [0.1, 0.15) is 0 Å². The fraction of sp³-hybridized carbons (Fsp3) is 0.700. The van der Waals surface area contributed by atoms with Gasteiger partial charge in [-0.25, -0.2) is 0 Å². The summed E-state index contributed by atoms with van der Waals surface area (Å²) in [6, 6.07) is 0. The van der Waals surface area contributed by atoms with Gasteiger partial charge >= 0.3 is 5.97 Å². The minimum absolute atomic E-state index is 0.124. The van der Waals surface area contributed by atoms with Crippen molar-refractivity contribution in [3.8, 4) is 0 Å². The molecule has 0 heterocycles. The Bertz CT molecular complexity index is 222.